The van der Waals surface area contributed by atoms with Gasteiger partial charge in [0.15, 0.2) is 34.6 Å². The lowest BCUT2D eigenvalue weighted by molar-refractivity contribution is 0.0827. The first-order chi connectivity index (χ1) is 13.1. The Bertz CT molecular complexity index is 1030. The highest BCUT2D eigenvalue weighted by atomic mass is 35.5. The number of hydrogen-bond donors (Lipinski definition) is 1. The largest absolute Gasteiger partial charge is 0.474 e. The van der Waals surface area contributed by atoms with Crippen LogP contribution >= 0.6 is 22.9 Å². The van der Waals surface area contributed by atoms with Crippen molar-refractivity contribution >= 4 is 28.8 Å². The number of nitrogens with zero attached hydrogens (tertiary/aromatic N) is 3. The quantitative estimate of drug-likeness (QED) is 0.634. The zero-order valence-electron chi connectivity index (χ0n) is 15.3. The lowest BCUT2D eigenvalue weighted by Gasteiger charge is -2.26. The molecule has 0 aliphatic carbocycles. The molecular weight excluding hydrogens is 410 g/mol. The van der Waals surface area contributed by atoms with Gasteiger partial charge in [-0.3, -0.25) is 4.79 Å². The van der Waals surface area contributed by atoms with Crippen LogP contribution < -0.4 is 10.5 Å². The molecule has 3 aromatic rings. The van der Waals surface area contributed by atoms with Crippen LogP contribution in [0.4, 0.5) is 8.78 Å². The van der Waals surface area contributed by atoms with E-state index in [2.05, 4.69) is 10.2 Å². The van der Waals surface area contributed by atoms with Crippen molar-refractivity contribution in [2.75, 3.05) is 0 Å². The van der Waals surface area contributed by atoms with E-state index in [1.54, 1.807) is 30.5 Å². The summed E-state index contributed by atoms with van der Waals surface area (Å²) >= 11 is 6.84. The van der Waals surface area contributed by atoms with Crippen LogP contribution in [-0.2, 0) is 12.1 Å². The summed E-state index contributed by atoms with van der Waals surface area (Å²) in [5, 5.41) is 8.28. The van der Waals surface area contributed by atoms with Gasteiger partial charge in [-0.15, -0.1) is 21.5 Å². The van der Waals surface area contributed by atoms with Gasteiger partial charge in [0.1, 0.15) is 0 Å². The number of carbonyl (C=O) groups excluding carboxylic acids is 1. The molecule has 2 aromatic heterocycles. The van der Waals surface area contributed by atoms with E-state index in [0.29, 0.717) is 27.9 Å². The Morgan fingerprint density at radius 3 is 2.46 bits per heavy atom. The molecule has 0 saturated carbocycles. The third kappa shape index (κ3) is 3.72. The van der Waals surface area contributed by atoms with E-state index in [1.807, 2.05) is 6.92 Å². The summed E-state index contributed by atoms with van der Waals surface area (Å²) < 4.78 is 35.7. The fourth-order valence-corrected chi connectivity index (χ4v) is 3.79. The summed E-state index contributed by atoms with van der Waals surface area (Å²) in [6.45, 7) is 5.60. The van der Waals surface area contributed by atoms with E-state index in [-0.39, 0.29) is 5.02 Å². The summed E-state index contributed by atoms with van der Waals surface area (Å²) in [6.07, 6.45) is 0. The van der Waals surface area contributed by atoms with E-state index < -0.39 is 28.9 Å². The number of halogens is 3. The maximum Gasteiger partial charge on any atom is 0.258 e. The average Bonchev–Trinajstić information content (AvgIpc) is 3.24. The second-order valence-electron chi connectivity index (χ2n) is 6.43. The molecule has 0 radical (unpaired) electrons. The molecule has 0 saturated heterocycles. The Kier molecular flexibility index (Phi) is 5.40. The van der Waals surface area contributed by atoms with Gasteiger partial charge in [0.2, 0.25) is 0 Å². The maximum absolute atomic E-state index is 14.2. The predicted molar refractivity (Wildman–Crippen MR) is 103 cm³/mol. The molecule has 0 aliphatic heterocycles. The van der Waals surface area contributed by atoms with Crippen molar-refractivity contribution in [3.63, 3.8) is 0 Å². The molecule has 2 heterocycles. The number of nitrogens with two attached hydrogens (primary N) is 1. The summed E-state index contributed by atoms with van der Waals surface area (Å²) in [6, 6.07) is 5.28. The van der Waals surface area contributed by atoms with Crippen LogP contribution in [0, 0.1) is 11.6 Å². The Hall–Kier alpha value is -2.52. The van der Waals surface area contributed by atoms with Crippen molar-refractivity contribution in [2.24, 2.45) is 5.73 Å². The number of carbonyl (C=O) groups is 1. The second-order valence-corrected chi connectivity index (χ2v) is 7.95. The monoisotopic (exact) mass is 426 g/mol. The van der Waals surface area contributed by atoms with Gasteiger partial charge in [0.05, 0.1) is 9.75 Å². The lowest BCUT2D eigenvalue weighted by Crippen LogP contribution is -2.30. The minimum Gasteiger partial charge on any atom is -0.474 e. The summed E-state index contributed by atoms with van der Waals surface area (Å²) in [7, 11) is 0. The SMILES string of the molecule is CCn1c(-c2ccc(C(N)=O)s2)nnc1C(C)(C)Oc1c(F)cc(Cl)cc1F. The zero-order valence-corrected chi connectivity index (χ0v) is 16.9. The van der Waals surface area contributed by atoms with Crippen LogP contribution in [0.2, 0.25) is 5.02 Å². The number of hydrogen-bond acceptors (Lipinski definition) is 5. The maximum atomic E-state index is 14.2. The Balaban J connectivity index is 2.01. The Labute approximate surface area is 168 Å². The van der Waals surface area contributed by atoms with Gasteiger partial charge in [0, 0.05) is 11.6 Å². The first kappa shape index (κ1) is 20.2. The molecule has 1 amide bonds. The van der Waals surface area contributed by atoms with Crippen LogP contribution in [0.25, 0.3) is 10.7 Å². The number of amides is 1. The van der Waals surface area contributed by atoms with Crippen molar-refractivity contribution in [3.05, 3.63) is 51.6 Å². The van der Waals surface area contributed by atoms with Gasteiger partial charge in [0.25, 0.3) is 5.91 Å². The number of primary amides is 1. The molecule has 0 unspecified atom stereocenters. The number of ether oxygens (including phenoxy) is 1. The van der Waals surface area contributed by atoms with Crippen molar-refractivity contribution in [3.8, 4) is 16.5 Å². The fraction of sp³-hybridized carbons (Fsp3) is 0.278. The molecule has 148 valence electrons. The van der Waals surface area contributed by atoms with Gasteiger partial charge in [-0.05, 0) is 45.0 Å². The molecule has 0 fully saturated rings. The minimum absolute atomic E-state index is 0.0675. The first-order valence-electron chi connectivity index (χ1n) is 8.31. The highest BCUT2D eigenvalue weighted by molar-refractivity contribution is 7.17. The fourth-order valence-electron chi connectivity index (χ4n) is 2.75. The molecule has 0 spiro atoms. The van der Waals surface area contributed by atoms with Crippen LogP contribution in [0.1, 0.15) is 36.3 Å². The molecule has 2 N–H and O–H groups in total. The molecule has 6 nitrogen and oxygen atoms in total. The topological polar surface area (TPSA) is 83.0 Å². The third-order valence-corrected chi connectivity index (χ3v) is 5.31. The van der Waals surface area contributed by atoms with Gasteiger partial charge >= 0.3 is 0 Å². The number of thiophene rings is 1. The van der Waals surface area contributed by atoms with Crippen LogP contribution in [0.3, 0.4) is 0 Å². The molecule has 1 aromatic carbocycles. The van der Waals surface area contributed by atoms with Crippen LogP contribution in [0.15, 0.2) is 24.3 Å². The summed E-state index contributed by atoms with van der Waals surface area (Å²) in [5.41, 5.74) is 4.10. The predicted octanol–water partition coefficient (Wildman–Crippen LogP) is 4.37. The van der Waals surface area contributed by atoms with Crippen molar-refractivity contribution in [1.29, 1.82) is 0 Å². The van der Waals surface area contributed by atoms with Crippen LogP contribution in [0.5, 0.6) is 5.75 Å². The molecule has 28 heavy (non-hydrogen) atoms. The molecule has 10 heteroatoms. The van der Waals surface area contributed by atoms with E-state index in [0.717, 1.165) is 12.1 Å². The molecule has 3 rings (SSSR count). The normalized spacial score (nSPS) is 11.6. The van der Waals surface area contributed by atoms with Crippen molar-refractivity contribution < 1.29 is 18.3 Å². The number of aromatic nitrogens is 3. The van der Waals surface area contributed by atoms with E-state index >= 15 is 0 Å². The average molecular weight is 427 g/mol. The van der Waals surface area contributed by atoms with E-state index in [9.17, 15) is 13.6 Å². The van der Waals surface area contributed by atoms with E-state index in [1.165, 1.54) is 11.3 Å². The molecule has 0 atom stereocenters. The second kappa shape index (κ2) is 7.48. The smallest absolute Gasteiger partial charge is 0.258 e. The zero-order chi connectivity index (χ0) is 20.6. The molecule has 0 bridgehead atoms. The third-order valence-electron chi connectivity index (χ3n) is 4.00. The van der Waals surface area contributed by atoms with Crippen molar-refractivity contribution in [1.82, 2.24) is 14.8 Å². The number of rotatable bonds is 6. The van der Waals surface area contributed by atoms with Crippen LogP contribution in [-0.4, -0.2) is 20.7 Å². The summed E-state index contributed by atoms with van der Waals surface area (Å²) in [4.78, 5) is 12.4. The van der Waals surface area contributed by atoms with E-state index in [4.69, 9.17) is 22.1 Å². The molecule has 0 aliphatic rings. The van der Waals surface area contributed by atoms with Gasteiger partial charge in [-0.1, -0.05) is 11.6 Å². The number of benzene rings is 1. The summed E-state index contributed by atoms with van der Waals surface area (Å²) in [5.74, 6) is -2.03. The highest BCUT2D eigenvalue weighted by Gasteiger charge is 2.33. The first-order valence-corrected chi connectivity index (χ1v) is 9.50. The van der Waals surface area contributed by atoms with Gasteiger partial charge in [-0.25, -0.2) is 8.78 Å². The lowest BCUT2D eigenvalue weighted by atomic mass is 10.1. The van der Waals surface area contributed by atoms with Crippen molar-refractivity contribution in [2.45, 2.75) is 32.9 Å². The minimum atomic E-state index is -1.21. The van der Waals surface area contributed by atoms with Gasteiger partial charge in [-0.2, -0.15) is 0 Å². The Morgan fingerprint density at radius 1 is 1.29 bits per heavy atom. The molecular formula is C18H17ClF2N4O2S. The standard InChI is InChI=1S/C18H17ClF2N4O2S/c1-4-25-16(13-6-5-12(28-13)15(22)26)23-24-17(25)18(2,3)27-14-10(20)7-9(19)8-11(14)21/h5-8H,4H2,1-3H3,(H2,22,26). The highest BCUT2D eigenvalue weighted by Crippen LogP contribution is 2.35. The van der Waals surface area contributed by atoms with Gasteiger partial charge < -0.3 is 15.0 Å². The Morgan fingerprint density at radius 2 is 1.93 bits per heavy atom.